The molecule has 0 N–H and O–H groups in total. The second-order valence-electron chi connectivity index (χ2n) is 5.07. The molecular formula is C14H28. The van der Waals surface area contributed by atoms with Gasteiger partial charge in [0.2, 0.25) is 0 Å². The van der Waals surface area contributed by atoms with Crippen LogP contribution in [-0.4, -0.2) is 0 Å². The second kappa shape index (κ2) is 6.48. The van der Waals surface area contributed by atoms with E-state index < -0.39 is 0 Å². The van der Waals surface area contributed by atoms with Crippen LogP contribution in [0, 0.1) is 17.8 Å². The van der Waals surface area contributed by atoms with E-state index in [-0.39, 0.29) is 0 Å². The minimum Gasteiger partial charge on any atom is -0.0654 e. The van der Waals surface area contributed by atoms with Crippen LogP contribution in [0.3, 0.4) is 0 Å². The molecule has 0 heterocycles. The SMILES string of the molecule is CCCC(CC)C(CC)C1CCCC1. The van der Waals surface area contributed by atoms with Crippen molar-refractivity contribution in [3.05, 3.63) is 0 Å². The zero-order valence-electron chi connectivity index (χ0n) is 10.4. The van der Waals surface area contributed by atoms with Gasteiger partial charge in [0, 0.05) is 0 Å². The van der Waals surface area contributed by atoms with Crippen LogP contribution in [0.2, 0.25) is 0 Å². The summed E-state index contributed by atoms with van der Waals surface area (Å²) in [5.41, 5.74) is 0. The zero-order valence-corrected chi connectivity index (χ0v) is 10.4. The van der Waals surface area contributed by atoms with Crippen molar-refractivity contribution in [3.8, 4) is 0 Å². The van der Waals surface area contributed by atoms with Crippen LogP contribution >= 0.6 is 0 Å². The summed E-state index contributed by atoms with van der Waals surface area (Å²) < 4.78 is 0. The molecule has 1 fully saturated rings. The molecule has 0 radical (unpaired) electrons. The summed E-state index contributed by atoms with van der Waals surface area (Å²) >= 11 is 0. The molecule has 84 valence electrons. The fraction of sp³-hybridized carbons (Fsp3) is 1.00. The first-order valence-corrected chi connectivity index (χ1v) is 6.83. The van der Waals surface area contributed by atoms with Gasteiger partial charge in [-0.2, -0.15) is 0 Å². The molecular weight excluding hydrogens is 168 g/mol. The van der Waals surface area contributed by atoms with Gasteiger partial charge in [-0.15, -0.1) is 0 Å². The molecule has 1 saturated carbocycles. The van der Waals surface area contributed by atoms with Crippen molar-refractivity contribution in [2.45, 2.75) is 72.1 Å². The normalized spacial score (nSPS) is 22.5. The Bertz CT molecular complexity index is 133. The molecule has 1 aliphatic carbocycles. The van der Waals surface area contributed by atoms with Crippen molar-refractivity contribution in [3.63, 3.8) is 0 Å². The van der Waals surface area contributed by atoms with Crippen LogP contribution in [0.5, 0.6) is 0 Å². The summed E-state index contributed by atoms with van der Waals surface area (Å²) in [6.45, 7) is 7.13. The highest BCUT2D eigenvalue weighted by molar-refractivity contribution is 4.79. The lowest BCUT2D eigenvalue weighted by molar-refractivity contribution is 0.202. The highest BCUT2D eigenvalue weighted by atomic mass is 14.3. The fourth-order valence-corrected chi connectivity index (χ4v) is 3.53. The van der Waals surface area contributed by atoms with Gasteiger partial charge in [0.1, 0.15) is 0 Å². The Kier molecular flexibility index (Phi) is 5.59. The molecule has 0 nitrogen and oxygen atoms in total. The van der Waals surface area contributed by atoms with Gasteiger partial charge in [-0.1, -0.05) is 72.1 Å². The van der Waals surface area contributed by atoms with Gasteiger partial charge in [-0.05, 0) is 17.8 Å². The van der Waals surface area contributed by atoms with E-state index in [1.165, 1.54) is 51.4 Å². The third kappa shape index (κ3) is 3.00. The second-order valence-corrected chi connectivity index (χ2v) is 5.07. The van der Waals surface area contributed by atoms with Crippen LogP contribution in [0.15, 0.2) is 0 Å². The molecule has 14 heavy (non-hydrogen) atoms. The summed E-state index contributed by atoms with van der Waals surface area (Å²) in [6.07, 6.45) is 11.7. The topological polar surface area (TPSA) is 0 Å². The Morgan fingerprint density at radius 2 is 1.64 bits per heavy atom. The van der Waals surface area contributed by atoms with Crippen LogP contribution in [0.4, 0.5) is 0 Å². The van der Waals surface area contributed by atoms with Crippen molar-refractivity contribution in [1.29, 1.82) is 0 Å². The van der Waals surface area contributed by atoms with Crippen molar-refractivity contribution in [2.75, 3.05) is 0 Å². The van der Waals surface area contributed by atoms with Gasteiger partial charge in [0.15, 0.2) is 0 Å². The maximum Gasteiger partial charge on any atom is -0.0360 e. The lowest BCUT2D eigenvalue weighted by atomic mass is 9.76. The third-order valence-corrected chi connectivity index (χ3v) is 4.27. The first kappa shape index (κ1) is 12.1. The van der Waals surface area contributed by atoms with E-state index in [2.05, 4.69) is 20.8 Å². The first-order valence-electron chi connectivity index (χ1n) is 6.83. The van der Waals surface area contributed by atoms with Gasteiger partial charge >= 0.3 is 0 Å². The average molecular weight is 196 g/mol. The van der Waals surface area contributed by atoms with Crippen LogP contribution in [0.1, 0.15) is 72.1 Å². The maximum absolute atomic E-state index is 2.40. The molecule has 0 saturated heterocycles. The molecule has 0 spiro atoms. The van der Waals surface area contributed by atoms with Gasteiger partial charge in [0.05, 0.1) is 0 Å². The molecule has 1 rings (SSSR count). The summed E-state index contributed by atoms with van der Waals surface area (Å²) in [4.78, 5) is 0. The van der Waals surface area contributed by atoms with Crippen LogP contribution in [-0.2, 0) is 0 Å². The predicted molar refractivity (Wildman–Crippen MR) is 64.4 cm³/mol. The number of hydrogen-bond donors (Lipinski definition) is 0. The van der Waals surface area contributed by atoms with E-state index in [0.717, 1.165) is 17.8 Å². The molecule has 2 atom stereocenters. The fourth-order valence-electron chi connectivity index (χ4n) is 3.53. The standard InChI is InChI=1S/C14H28/c1-4-9-12(5-2)14(6-3)13-10-7-8-11-13/h12-14H,4-11H2,1-3H3. The van der Waals surface area contributed by atoms with Gasteiger partial charge in [-0.25, -0.2) is 0 Å². The smallest absolute Gasteiger partial charge is 0.0360 e. The Morgan fingerprint density at radius 1 is 1.00 bits per heavy atom. The quantitative estimate of drug-likeness (QED) is 0.559. The van der Waals surface area contributed by atoms with Gasteiger partial charge in [0.25, 0.3) is 0 Å². The predicted octanol–water partition coefficient (Wildman–Crippen LogP) is 5.03. The molecule has 0 aromatic rings. The lowest BCUT2D eigenvalue weighted by Crippen LogP contribution is -2.21. The van der Waals surface area contributed by atoms with Gasteiger partial charge < -0.3 is 0 Å². The van der Waals surface area contributed by atoms with Crippen LogP contribution in [0.25, 0.3) is 0 Å². The number of rotatable bonds is 6. The number of hydrogen-bond acceptors (Lipinski definition) is 0. The van der Waals surface area contributed by atoms with E-state index in [9.17, 15) is 0 Å². The van der Waals surface area contributed by atoms with E-state index >= 15 is 0 Å². The Balaban J connectivity index is 2.48. The maximum atomic E-state index is 2.40. The molecule has 0 aromatic heterocycles. The summed E-state index contributed by atoms with van der Waals surface area (Å²) in [6, 6.07) is 0. The first-order chi connectivity index (χ1) is 6.83. The largest absolute Gasteiger partial charge is 0.0654 e. The molecule has 0 amide bonds. The van der Waals surface area contributed by atoms with Crippen molar-refractivity contribution in [2.24, 2.45) is 17.8 Å². The third-order valence-electron chi connectivity index (χ3n) is 4.27. The lowest BCUT2D eigenvalue weighted by Gasteiger charge is -2.30. The molecule has 0 heteroatoms. The molecule has 0 aromatic carbocycles. The minimum absolute atomic E-state index is 1.02. The van der Waals surface area contributed by atoms with E-state index in [1.807, 2.05) is 0 Å². The van der Waals surface area contributed by atoms with Crippen LogP contribution < -0.4 is 0 Å². The Labute approximate surface area is 90.5 Å². The Hall–Kier alpha value is 0. The molecule has 2 unspecified atom stereocenters. The van der Waals surface area contributed by atoms with Crippen molar-refractivity contribution in [1.82, 2.24) is 0 Å². The summed E-state index contributed by atoms with van der Waals surface area (Å²) in [7, 11) is 0. The van der Waals surface area contributed by atoms with E-state index in [1.54, 1.807) is 0 Å². The Morgan fingerprint density at radius 3 is 2.07 bits per heavy atom. The van der Waals surface area contributed by atoms with Crippen molar-refractivity contribution < 1.29 is 0 Å². The molecule has 1 aliphatic rings. The highest BCUT2D eigenvalue weighted by Crippen LogP contribution is 2.39. The van der Waals surface area contributed by atoms with E-state index in [4.69, 9.17) is 0 Å². The van der Waals surface area contributed by atoms with Gasteiger partial charge in [-0.3, -0.25) is 0 Å². The highest BCUT2D eigenvalue weighted by Gasteiger charge is 2.28. The minimum atomic E-state index is 1.02. The zero-order chi connectivity index (χ0) is 10.4. The molecule has 0 aliphatic heterocycles. The van der Waals surface area contributed by atoms with Crippen molar-refractivity contribution >= 4 is 0 Å². The molecule has 0 bridgehead atoms. The summed E-state index contributed by atoms with van der Waals surface area (Å²) in [5.74, 6) is 3.15. The van der Waals surface area contributed by atoms with E-state index in [0.29, 0.717) is 0 Å². The summed E-state index contributed by atoms with van der Waals surface area (Å²) in [5, 5.41) is 0. The average Bonchev–Trinajstić information content (AvgIpc) is 2.71. The monoisotopic (exact) mass is 196 g/mol.